The van der Waals surface area contributed by atoms with E-state index in [4.69, 9.17) is 4.42 Å². The minimum absolute atomic E-state index is 0.124. The van der Waals surface area contributed by atoms with E-state index in [1.54, 1.807) is 17.6 Å². The predicted octanol–water partition coefficient (Wildman–Crippen LogP) is 4.31. The van der Waals surface area contributed by atoms with Crippen molar-refractivity contribution in [3.05, 3.63) is 64.7 Å². The highest BCUT2D eigenvalue weighted by atomic mass is 32.1. The Labute approximate surface area is 144 Å². The smallest absolute Gasteiger partial charge is 0.229 e. The molecule has 1 aliphatic heterocycles. The highest BCUT2D eigenvalue weighted by molar-refractivity contribution is 7.10. The van der Waals surface area contributed by atoms with E-state index in [9.17, 15) is 4.79 Å². The van der Waals surface area contributed by atoms with Gasteiger partial charge in [-0.2, -0.15) is 0 Å². The summed E-state index contributed by atoms with van der Waals surface area (Å²) in [7, 11) is 0. The van der Waals surface area contributed by atoms with Crippen LogP contribution in [0.2, 0.25) is 0 Å². The fraction of sp³-hybridized carbons (Fsp3) is 0.263. The minimum atomic E-state index is 0.124. The van der Waals surface area contributed by atoms with Crippen LogP contribution in [0.4, 0.5) is 0 Å². The van der Waals surface area contributed by atoms with Crippen molar-refractivity contribution in [1.29, 1.82) is 0 Å². The highest BCUT2D eigenvalue weighted by Gasteiger charge is 2.30. The number of aromatic nitrogens is 1. The molecule has 0 radical (unpaired) electrons. The number of likely N-dealkylation sites (tertiary alicyclic amines) is 1. The van der Waals surface area contributed by atoms with Gasteiger partial charge in [-0.3, -0.25) is 4.79 Å². The third kappa shape index (κ3) is 2.99. The van der Waals surface area contributed by atoms with Crippen molar-refractivity contribution in [2.45, 2.75) is 25.3 Å². The molecule has 1 amide bonds. The van der Waals surface area contributed by atoms with Crippen molar-refractivity contribution in [3.8, 4) is 11.5 Å². The number of carbonyl (C=O) groups excluding carboxylic acids is 1. The molecule has 1 aliphatic rings. The van der Waals surface area contributed by atoms with Crippen LogP contribution in [0.1, 0.15) is 29.5 Å². The molecule has 1 saturated heterocycles. The van der Waals surface area contributed by atoms with Gasteiger partial charge in [0.1, 0.15) is 6.26 Å². The van der Waals surface area contributed by atoms with E-state index in [0.29, 0.717) is 11.6 Å². The third-order valence-corrected chi connectivity index (χ3v) is 5.32. The number of thiophene rings is 1. The van der Waals surface area contributed by atoms with Gasteiger partial charge in [0.15, 0.2) is 0 Å². The van der Waals surface area contributed by atoms with Gasteiger partial charge in [0, 0.05) is 17.0 Å². The molecule has 0 N–H and O–H groups in total. The van der Waals surface area contributed by atoms with Crippen molar-refractivity contribution in [2.24, 2.45) is 0 Å². The number of rotatable bonds is 4. The minimum Gasteiger partial charge on any atom is -0.444 e. The Morgan fingerprint density at radius 1 is 1.25 bits per heavy atom. The van der Waals surface area contributed by atoms with Gasteiger partial charge in [0.2, 0.25) is 11.8 Å². The van der Waals surface area contributed by atoms with E-state index in [-0.39, 0.29) is 18.4 Å². The van der Waals surface area contributed by atoms with Gasteiger partial charge >= 0.3 is 0 Å². The van der Waals surface area contributed by atoms with Gasteiger partial charge in [-0.25, -0.2) is 4.98 Å². The van der Waals surface area contributed by atoms with Crippen LogP contribution in [-0.2, 0) is 11.2 Å². The number of amides is 1. The van der Waals surface area contributed by atoms with E-state index in [2.05, 4.69) is 16.4 Å². The molecule has 1 unspecified atom stereocenters. The second-order valence-electron chi connectivity index (χ2n) is 5.95. The molecular formula is C19H18N2O2S. The van der Waals surface area contributed by atoms with Crippen LogP contribution >= 0.6 is 11.3 Å². The summed E-state index contributed by atoms with van der Waals surface area (Å²) in [6.45, 7) is 0.824. The van der Waals surface area contributed by atoms with E-state index in [1.807, 2.05) is 41.3 Å². The lowest BCUT2D eigenvalue weighted by molar-refractivity contribution is -0.131. The first-order chi connectivity index (χ1) is 11.8. The van der Waals surface area contributed by atoms with Crippen molar-refractivity contribution in [2.75, 3.05) is 6.54 Å². The Bertz CT molecular complexity index is 811. The molecule has 122 valence electrons. The van der Waals surface area contributed by atoms with Gasteiger partial charge in [0.05, 0.1) is 18.2 Å². The maximum absolute atomic E-state index is 12.7. The van der Waals surface area contributed by atoms with Crippen LogP contribution in [0.5, 0.6) is 0 Å². The second-order valence-corrected chi connectivity index (χ2v) is 6.93. The molecule has 2 aromatic heterocycles. The van der Waals surface area contributed by atoms with Gasteiger partial charge in [0.25, 0.3) is 0 Å². The molecule has 4 rings (SSSR count). The molecule has 1 fully saturated rings. The lowest BCUT2D eigenvalue weighted by Gasteiger charge is -2.23. The van der Waals surface area contributed by atoms with E-state index in [0.717, 1.165) is 24.9 Å². The fourth-order valence-corrected chi connectivity index (χ4v) is 4.07. The zero-order valence-electron chi connectivity index (χ0n) is 13.2. The second kappa shape index (κ2) is 6.61. The Morgan fingerprint density at radius 3 is 2.92 bits per heavy atom. The van der Waals surface area contributed by atoms with Crippen LogP contribution in [0.25, 0.3) is 11.5 Å². The summed E-state index contributed by atoms with van der Waals surface area (Å²) in [6.07, 6.45) is 3.98. The maximum atomic E-state index is 12.7. The van der Waals surface area contributed by atoms with E-state index >= 15 is 0 Å². The molecule has 1 atom stereocenters. The fourth-order valence-electron chi connectivity index (χ4n) is 3.20. The SMILES string of the molecule is O=C(Cc1coc(-c2ccccc2)n1)N1CCCC1c1cccs1. The lowest BCUT2D eigenvalue weighted by atomic mass is 10.2. The Kier molecular flexibility index (Phi) is 4.17. The summed E-state index contributed by atoms with van der Waals surface area (Å²) in [5.41, 5.74) is 1.62. The highest BCUT2D eigenvalue weighted by Crippen LogP contribution is 2.34. The predicted molar refractivity (Wildman–Crippen MR) is 93.7 cm³/mol. The van der Waals surface area contributed by atoms with Crippen molar-refractivity contribution < 1.29 is 9.21 Å². The van der Waals surface area contributed by atoms with E-state index in [1.165, 1.54) is 4.88 Å². The monoisotopic (exact) mass is 338 g/mol. The van der Waals surface area contributed by atoms with Crippen molar-refractivity contribution in [3.63, 3.8) is 0 Å². The molecule has 0 bridgehead atoms. The van der Waals surface area contributed by atoms with Crippen LogP contribution < -0.4 is 0 Å². The standard InChI is InChI=1S/C19H18N2O2S/c22-18(21-10-4-8-16(21)17-9-5-11-24-17)12-15-13-23-19(20-15)14-6-2-1-3-7-14/h1-3,5-7,9,11,13,16H,4,8,10,12H2. The average Bonchev–Trinajstić information content (AvgIpc) is 3.36. The molecule has 24 heavy (non-hydrogen) atoms. The van der Waals surface area contributed by atoms with Gasteiger partial charge in [-0.05, 0) is 36.4 Å². The third-order valence-electron chi connectivity index (χ3n) is 4.35. The normalized spacial score (nSPS) is 17.3. The molecule has 4 nitrogen and oxygen atoms in total. The van der Waals surface area contributed by atoms with Gasteiger partial charge in [-0.1, -0.05) is 24.3 Å². The first-order valence-corrected chi connectivity index (χ1v) is 9.02. The maximum Gasteiger partial charge on any atom is 0.229 e. The first-order valence-electron chi connectivity index (χ1n) is 8.14. The lowest BCUT2D eigenvalue weighted by Crippen LogP contribution is -2.31. The Hall–Kier alpha value is -2.40. The zero-order chi connectivity index (χ0) is 16.4. The number of hydrogen-bond acceptors (Lipinski definition) is 4. The first kappa shape index (κ1) is 15.1. The van der Waals surface area contributed by atoms with Crippen LogP contribution in [0.3, 0.4) is 0 Å². The summed E-state index contributed by atoms with van der Waals surface area (Å²) >= 11 is 1.72. The molecule has 0 saturated carbocycles. The Balaban J connectivity index is 1.47. The number of hydrogen-bond donors (Lipinski definition) is 0. The van der Waals surface area contributed by atoms with Crippen LogP contribution in [0, 0.1) is 0 Å². The summed E-state index contributed by atoms with van der Waals surface area (Å²) in [4.78, 5) is 20.4. The number of nitrogens with zero attached hydrogens (tertiary/aromatic N) is 2. The van der Waals surface area contributed by atoms with E-state index < -0.39 is 0 Å². The molecule has 0 aliphatic carbocycles. The molecule has 1 aromatic carbocycles. The quantitative estimate of drug-likeness (QED) is 0.712. The summed E-state index contributed by atoms with van der Waals surface area (Å²) in [6, 6.07) is 14.1. The average molecular weight is 338 g/mol. The van der Waals surface area contributed by atoms with Crippen molar-refractivity contribution >= 4 is 17.2 Å². The van der Waals surface area contributed by atoms with Gasteiger partial charge < -0.3 is 9.32 Å². The summed E-state index contributed by atoms with van der Waals surface area (Å²) in [5, 5.41) is 2.07. The summed E-state index contributed by atoms with van der Waals surface area (Å²) in [5.74, 6) is 0.688. The molecule has 3 heterocycles. The molecular weight excluding hydrogens is 320 g/mol. The zero-order valence-corrected chi connectivity index (χ0v) is 14.0. The number of oxazole rings is 1. The topological polar surface area (TPSA) is 46.3 Å². The van der Waals surface area contributed by atoms with Crippen LogP contribution in [-0.4, -0.2) is 22.3 Å². The van der Waals surface area contributed by atoms with Crippen LogP contribution in [0.15, 0.2) is 58.5 Å². The number of carbonyl (C=O) groups is 1. The Morgan fingerprint density at radius 2 is 2.12 bits per heavy atom. The molecule has 5 heteroatoms. The van der Waals surface area contributed by atoms with Gasteiger partial charge in [-0.15, -0.1) is 11.3 Å². The largest absolute Gasteiger partial charge is 0.444 e. The summed E-state index contributed by atoms with van der Waals surface area (Å²) < 4.78 is 5.53. The molecule has 3 aromatic rings. The number of benzene rings is 1. The molecule has 0 spiro atoms. The van der Waals surface area contributed by atoms with Crippen molar-refractivity contribution in [1.82, 2.24) is 9.88 Å².